The summed E-state index contributed by atoms with van der Waals surface area (Å²) >= 11 is 0. The van der Waals surface area contributed by atoms with E-state index >= 15 is 0 Å². The fraction of sp³-hybridized carbons (Fsp3) is 0.412. The summed E-state index contributed by atoms with van der Waals surface area (Å²) in [6, 6.07) is 4.63. The molecular weight excluding hydrogens is 374 g/mol. The molecule has 0 atom stereocenters. The first-order valence-corrected chi connectivity index (χ1v) is 10.3. The molecule has 0 spiro atoms. The molecule has 2 amide bonds. The Morgan fingerprint density at radius 3 is 2.59 bits per heavy atom. The molecule has 1 aromatic carbocycles. The van der Waals surface area contributed by atoms with Crippen molar-refractivity contribution >= 4 is 32.7 Å². The number of hydrogen-bond acceptors (Lipinski definition) is 6. The Morgan fingerprint density at radius 2 is 1.96 bits per heavy atom. The largest absolute Gasteiger partial charge is 0.378 e. The van der Waals surface area contributed by atoms with E-state index in [0.29, 0.717) is 42.8 Å². The molecule has 1 aliphatic heterocycles. The molecule has 1 N–H and O–H groups in total. The maximum absolute atomic E-state index is 12.7. The number of fused-ring (bicyclic) bond motifs is 1. The topological polar surface area (TPSA) is 107 Å². The van der Waals surface area contributed by atoms with Crippen molar-refractivity contribution in [1.29, 1.82) is 0 Å². The van der Waals surface area contributed by atoms with Gasteiger partial charge in [0.2, 0.25) is 10.0 Å². The first-order valence-electron chi connectivity index (χ1n) is 8.47. The number of ether oxygens (including phenoxy) is 1. The molecule has 1 aromatic heterocycles. The molecule has 2 heterocycles. The standard InChI is InChI=1S/C17H21N3O6S/c1-3-26-18-16(21)14-11-20(27(2,23)24)15-5-4-12(10-13(14)15)17(22)19-6-8-25-9-7-19/h4-5,10-11H,3,6-9H2,1-2H3,(H,18,21). The van der Waals surface area contributed by atoms with Gasteiger partial charge in [-0.1, -0.05) is 0 Å². The van der Waals surface area contributed by atoms with Gasteiger partial charge in [-0.15, -0.1) is 0 Å². The number of carbonyl (C=O) groups excluding carboxylic acids is 2. The van der Waals surface area contributed by atoms with Gasteiger partial charge >= 0.3 is 0 Å². The summed E-state index contributed by atoms with van der Waals surface area (Å²) in [5.41, 5.74) is 3.06. The van der Waals surface area contributed by atoms with E-state index in [0.717, 1.165) is 10.2 Å². The molecule has 146 valence electrons. The van der Waals surface area contributed by atoms with Gasteiger partial charge in [0.05, 0.1) is 37.2 Å². The lowest BCUT2D eigenvalue weighted by molar-refractivity contribution is 0.0303. The number of amides is 2. The number of nitrogens with one attached hydrogen (secondary N) is 1. The van der Waals surface area contributed by atoms with Crippen LogP contribution in [0.3, 0.4) is 0 Å². The van der Waals surface area contributed by atoms with Crippen molar-refractivity contribution in [3.63, 3.8) is 0 Å². The first-order chi connectivity index (χ1) is 12.8. The van der Waals surface area contributed by atoms with Crippen LogP contribution in [0.4, 0.5) is 0 Å². The second-order valence-corrected chi connectivity index (χ2v) is 7.96. The quantitative estimate of drug-likeness (QED) is 0.743. The van der Waals surface area contributed by atoms with Crippen molar-refractivity contribution < 1.29 is 27.6 Å². The maximum atomic E-state index is 12.7. The van der Waals surface area contributed by atoms with Gasteiger partial charge in [0.25, 0.3) is 11.8 Å². The minimum Gasteiger partial charge on any atom is -0.378 e. The smallest absolute Gasteiger partial charge is 0.277 e. The van der Waals surface area contributed by atoms with Crippen LogP contribution >= 0.6 is 0 Å². The summed E-state index contributed by atoms with van der Waals surface area (Å²) in [6.45, 7) is 3.88. The third-order valence-corrected chi connectivity index (χ3v) is 5.24. The highest BCUT2D eigenvalue weighted by Crippen LogP contribution is 2.25. The monoisotopic (exact) mass is 395 g/mol. The number of benzene rings is 1. The summed E-state index contributed by atoms with van der Waals surface area (Å²) in [5, 5.41) is 0.358. The molecule has 27 heavy (non-hydrogen) atoms. The van der Waals surface area contributed by atoms with E-state index in [1.807, 2.05) is 0 Å². The van der Waals surface area contributed by atoms with Crippen LogP contribution in [0.1, 0.15) is 27.6 Å². The van der Waals surface area contributed by atoms with Gasteiger partial charge in [0.1, 0.15) is 0 Å². The number of nitrogens with zero attached hydrogens (tertiary/aromatic N) is 2. The van der Waals surface area contributed by atoms with E-state index in [1.165, 1.54) is 18.3 Å². The summed E-state index contributed by atoms with van der Waals surface area (Å²) < 4.78 is 30.4. The third kappa shape index (κ3) is 3.97. The molecule has 0 unspecified atom stereocenters. The summed E-state index contributed by atoms with van der Waals surface area (Å²) in [4.78, 5) is 31.7. The lowest BCUT2D eigenvalue weighted by atomic mass is 10.1. The van der Waals surface area contributed by atoms with Crippen molar-refractivity contribution in [3.05, 3.63) is 35.5 Å². The lowest BCUT2D eigenvalue weighted by Crippen LogP contribution is -2.40. The van der Waals surface area contributed by atoms with Crippen LogP contribution in [0.5, 0.6) is 0 Å². The zero-order valence-corrected chi connectivity index (χ0v) is 15.9. The zero-order chi connectivity index (χ0) is 19.6. The predicted molar refractivity (Wildman–Crippen MR) is 98.0 cm³/mol. The number of morpholine rings is 1. The van der Waals surface area contributed by atoms with Crippen LogP contribution < -0.4 is 5.48 Å². The normalized spacial score (nSPS) is 15.1. The fourth-order valence-corrected chi connectivity index (χ4v) is 3.74. The van der Waals surface area contributed by atoms with Crippen molar-refractivity contribution in [2.75, 3.05) is 39.2 Å². The number of aromatic nitrogens is 1. The van der Waals surface area contributed by atoms with Crippen molar-refractivity contribution in [2.24, 2.45) is 0 Å². The number of rotatable bonds is 5. The molecule has 1 saturated heterocycles. The minimum atomic E-state index is -3.63. The SMILES string of the molecule is CCONC(=O)c1cn(S(C)(=O)=O)c2ccc(C(=O)N3CCOCC3)cc12. The molecule has 0 aliphatic carbocycles. The molecular formula is C17H21N3O6S. The van der Waals surface area contributed by atoms with Crippen molar-refractivity contribution in [3.8, 4) is 0 Å². The van der Waals surface area contributed by atoms with Crippen LogP contribution in [0.25, 0.3) is 10.9 Å². The molecule has 3 rings (SSSR count). The van der Waals surface area contributed by atoms with E-state index in [1.54, 1.807) is 17.9 Å². The predicted octanol–water partition coefficient (Wildman–Crippen LogP) is 0.603. The molecule has 10 heteroatoms. The van der Waals surface area contributed by atoms with E-state index in [-0.39, 0.29) is 18.1 Å². The Balaban J connectivity index is 2.07. The highest BCUT2D eigenvalue weighted by atomic mass is 32.2. The zero-order valence-electron chi connectivity index (χ0n) is 15.1. The van der Waals surface area contributed by atoms with E-state index in [9.17, 15) is 18.0 Å². The van der Waals surface area contributed by atoms with Gasteiger partial charge in [-0.05, 0) is 25.1 Å². The molecule has 1 fully saturated rings. The van der Waals surface area contributed by atoms with Gasteiger partial charge in [-0.2, -0.15) is 0 Å². The number of hydroxylamine groups is 1. The second kappa shape index (κ2) is 7.67. The molecule has 2 aromatic rings. The molecule has 1 aliphatic rings. The van der Waals surface area contributed by atoms with E-state index in [4.69, 9.17) is 9.57 Å². The average Bonchev–Trinajstić information content (AvgIpc) is 3.05. The van der Waals surface area contributed by atoms with Crippen LogP contribution in [0, 0.1) is 0 Å². The first kappa shape index (κ1) is 19.3. The lowest BCUT2D eigenvalue weighted by Gasteiger charge is -2.26. The molecule has 0 bridgehead atoms. The Kier molecular flexibility index (Phi) is 5.49. The Bertz CT molecular complexity index is 976. The molecule has 0 saturated carbocycles. The van der Waals surface area contributed by atoms with Crippen molar-refractivity contribution in [2.45, 2.75) is 6.92 Å². The Morgan fingerprint density at radius 1 is 1.26 bits per heavy atom. The van der Waals surface area contributed by atoms with Gasteiger partial charge < -0.3 is 9.64 Å². The summed E-state index contributed by atoms with van der Waals surface area (Å²) in [6.07, 6.45) is 2.28. The van der Waals surface area contributed by atoms with Crippen LogP contribution in [-0.4, -0.2) is 68.3 Å². The van der Waals surface area contributed by atoms with Crippen molar-refractivity contribution in [1.82, 2.24) is 14.4 Å². The Labute approximate surface area is 156 Å². The third-order valence-electron chi connectivity index (χ3n) is 4.23. The summed E-state index contributed by atoms with van der Waals surface area (Å²) in [7, 11) is -3.63. The maximum Gasteiger partial charge on any atom is 0.277 e. The van der Waals surface area contributed by atoms with Gasteiger partial charge in [0.15, 0.2) is 0 Å². The number of hydrogen-bond donors (Lipinski definition) is 1. The van der Waals surface area contributed by atoms with Crippen LogP contribution in [-0.2, 0) is 19.6 Å². The van der Waals surface area contributed by atoms with Gasteiger partial charge in [-0.25, -0.2) is 17.9 Å². The summed E-state index contributed by atoms with van der Waals surface area (Å²) in [5.74, 6) is -0.774. The van der Waals surface area contributed by atoms with E-state index < -0.39 is 15.9 Å². The highest BCUT2D eigenvalue weighted by Gasteiger charge is 2.23. The van der Waals surface area contributed by atoms with E-state index in [2.05, 4.69) is 5.48 Å². The second-order valence-electron chi connectivity index (χ2n) is 6.10. The average molecular weight is 395 g/mol. The van der Waals surface area contributed by atoms with Gasteiger partial charge in [-0.3, -0.25) is 14.4 Å². The fourth-order valence-electron chi connectivity index (χ4n) is 2.93. The minimum absolute atomic E-state index is 0.112. The molecule has 0 radical (unpaired) electrons. The van der Waals surface area contributed by atoms with Crippen LogP contribution in [0.2, 0.25) is 0 Å². The Hall–Kier alpha value is -2.43. The van der Waals surface area contributed by atoms with Crippen LogP contribution in [0.15, 0.2) is 24.4 Å². The number of carbonyl (C=O) groups is 2. The highest BCUT2D eigenvalue weighted by molar-refractivity contribution is 7.89. The van der Waals surface area contributed by atoms with Gasteiger partial charge in [0, 0.05) is 30.2 Å². The molecule has 9 nitrogen and oxygen atoms in total.